The summed E-state index contributed by atoms with van der Waals surface area (Å²) in [7, 11) is 2.65. The first-order valence-corrected chi connectivity index (χ1v) is 6.90. The summed E-state index contributed by atoms with van der Waals surface area (Å²) in [6.45, 7) is 1.99. The predicted molar refractivity (Wildman–Crippen MR) is 62.7 cm³/mol. The average molecular weight is 226 g/mol. The number of rotatable bonds is 4. The molecule has 4 heteroatoms. The largest absolute Gasteiger partial charge is 0.499 e. The van der Waals surface area contributed by atoms with Crippen LogP contribution in [-0.4, -0.2) is 30.1 Å². The van der Waals surface area contributed by atoms with Crippen LogP contribution < -0.4 is 0 Å². The van der Waals surface area contributed by atoms with Gasteiger partial charge in [0.2, 0.25) is 0 Å². The lowest BCUT2D eigenvalue weighted by molar-refractivity contribution is 0.125. The van der Waals surface area contributed by atoms with Crippen molar-refractivity contribution < 1.29 is 13.3 Å². The highest BCUT2D eigenvalue weighted by Crippen LogP contribution is 2.29. The van der Waals surface area contributed by atoms with Crippen molar-refractivity contribution in [1.29, 1.82) is 0 Å². The van der Waals surface area contributed by atoms with Crippen LogP contribution in [0.5, 0.6) is 0 Å². The molecule has 0 saturated heterocycles. The van der Waals surface area contributed by atoms with Crippen LogP contribution in [0.2, 0.25) is 6.04 Å². The minimum Gasteiger partial charge on any atom is -0.377 e. The molecule has 15 heavy (non-hydrogen) atoms. The number of hydrogen-bond donors (Lipinski definition) is 0. The van der Waals surface area contributed by atoms with E-state index in [1.807, 2.05) is 6.92 Å². The first kappa shape index (κ1) is 12.4. The zero-order chi connectivity index (χ0) is 11.3. The molecule has 0 aliphatic heterocycles. The molecular formula is C11H18O3Si. The summed E-state index contributed by atoms with van der Waals surface area (Å²) in [5.74, 6) is 0. The van der Waals surface area contributed by atoms with Crippen molar-refractivity contribution >= 4 is 8.80 Å². The van der Waals surface area contributed by atoms with Gasteiger partial charge in [0.25, 0.3) is 0 Å². The van der Waals surface area contributed by atoms with Crippen LogP contribution >= 0.6 is 0 Å². The highest BCUT2D eigenvalue weighted by atomic mass is 28.4. The van der Waals surface area contributed by atoms with Gasteiger partial charge in [-0.2, -0.15) is 0 Å². The fourth-order valence-corrected chi connectivity index (χ4v) is 2.71. The molecule has 84 valence electrons. The van der Waals surface area contributed by atoms with Crippen LogP contribution in [0.4, 0.5) is 0 Å². The Morgan fingerprint density at radius 3 is 1.20 bits per heavy atom. The normalized spacial score (nSPS) is 11.7. The van der Waals surface area contributed by atoms with Gasteiger partial charge in [-0.15, -0.1) is 0 Å². The van der Waals surface area contributed by atoms with Gasteiger partial charge < -0.3 is 13.3 Å². The number of fused-ring (bicyclic) bond motifs is 1. The molecule has 3 nitrogen and oxygen atoms in total. The zero-order valence-electron chi connectivity index (χ0n) is 9.74. The van der Waals surface area contributed by atoms with Crippen molar-refractivity contribution in [2.24, 2.45) is 0 Å². The molecule has 0 spiro atoms. The molecule has 2 aliphatic carbocycles. The van der Waals surface area contributed by atoms with Crippen molar-refractivity contribution in [1.82, 2.24) is 0 Å². The lowest BCUT2D eigenvalue weighted by Gasteiger charge is -2.22. The van der Waals surface area contributed by atoms with Gasteiger partial charge in [-0.1, -0.05) is 31.2 Å². The third-order valence-electron chi connectivity index (χ3n) is 2.58. The van der Waals surface area contributed by atoms with Gasteiger partial charge in [0.1, 0.15) is 0 Å². The van der Waals surface area contributed by atoms with Crippen molar-refractivity contribution in [2.45, 2.75) is 13.0 Å². The predicted octanol–water partition coefficient (Wildman–Crippen LogP) is 2.55. The van der Waals surface area contributed by atoms with Crippen molar-refractivity contribution in [3.8, 4) is 11.1 Å². The maximum atomic E-state index is 5.08. The van der Waals surface area contributed by atoms with Gasteiger partial charge >= 0.3 is 8.80 Å². The molecule has 0 radical (unpaired) electrons. The van der Waals surface area contributed by atoms with Crippen LogP contribution in [0.25, 0.3) is 11.1 Å². The monoisotopic (exact) mass is 226 g/mol. The number of hydrogen-bond acceptors (Lipinski definition) is 3. The van der Waals surface area contributed by atoms with Gasteiger partial charge in [-0.3, -0.25) is 0 Å². The molecule has 0 atom stereocenters. The highest BCUT2D eigenvalue weighted by Gasteiger charge is 2.34. The van der Waals surface area contributed by atoms with E-state index in [9.17, 15) is 0 Å². The van der Waals surface area contributed by atoms with E-state index in [4.69, 9.17) is 13.3 Å². The molecule has 0 N–H and O–H groups in total. The molecule has 0 bridgehead atoms. The van der Waals surface area contributed by atoms with Gasteiger partial charge in [-0.05, 0) is 11.1 Å². The Kier molecular flexibility index (Phi) is 4.47. The van der Waals surface area contributed by atoms with Gasteiger partial charge in [-0.25, -0.2) is 0 Å². The first-order valence-electron chi connectivity index (χ1n) is 4.97. The van der Waals surface area contributed by atoms with Crippen LogP contribution in [0.1, 0.15) is 6.92 Å². The van der Waals surface area contributed by atoms with Crippen LogP contribution in [0.3, 0.4) is 0 Å². The van der Waals surface area contributed by atoms with Crippen LogP contribution in [0, 0.1) is 0 Å². The molecule has 0 aromatic heterocycles. The number of benzene rings is 1. The quantitative estimate of drug-likeness (QED) is 0.750. The smallest absolute Gasteiger partial charge is 0.377 e. The van der Waals surface area contributed by atoms with E-state index in [1.165, 1.54) is 11.1 Å². The fourth-order valence-electron chi connectivity index (χ4n) is 1.35. The second-order valence-electron chi connectivity index (χ2n) is 3.23. The summed E-state index contributed by atoms with van der Waals surface area (Å²) >= 11 is 0. The molecule has 0 heterocycles. The fraction of sp³-hybridized carbons (Fsp3) is 0.455. The molecular weight excluding hydrogens is 208 g/mol. The van der Waals surface area contributed by atoms with E-state index < -0.39 is 8.80 Å². The molecule has 0 aromatic rings. The Morgan fingerprint density at radius 1 is 0.867 bits per heavy atom. The summed E-state index contributed by atoms with van der Waals surface area (Å²) in [6, 6.07) is 9.30. The Bertz CT molecular complexity index is 255. The van der Waals surface area contributed by atoms with E-state index >= 15 is 0 Å². The molecule has 0 saturated carbocycles. The SMILES string of the molecule is CC[Si](OC)(OC)OC.c1cc2ccc1-2. The van der Waals surface area contributed by atoms with E-state index in [0.29, 0.717) is 0 Å². The molecule has 0 amide bonds. The minimum absolute atomic E-state index is 0.816. The summed E-state index contributed by atoms with van der Waals surface area (Å²) < 4.78 is 15.2. The summed E-state index contributed by atoms with van der Waals surface area (Å²) in [4.78, 5) is 0. The standard InChI is InChI=1S/C6H4.C5H14O3Si/c1-2-6-4-3-5(1)6;1-5-9(6-2,7-3)8-4/h1-4H;5H2,1-4H3. The average Bonchev–Trinajstić information content (AvgIpc) is 2.28. The van der Waals surface area contributed by atoms with Gasteiger partial charge in [0.15, 0.2) is 0 Å². The van der Waals surface area contributed by atoms with Crippen molar-refractivity contribution in [3.05, 3.63) is 24.3 Å². The van der Waals surface area contributed by atoms with E-state index in [0.717, 1.165) is 6.04 Å². The Morgan fingerprint density at radius 2 is 1.20 bits per heavy atom. The van der Waals surface area contributed by atoms with Crippen molar-refractivity contribution in [2.75, 3.05) is 21.3 Å². The molecule has 2 rings (SSSR count). The lowest BCUT2D eigenvalue weighted by atomic mass is 9.95. The van der Waals surface area contributed by atoms with Gasteiger partial charge in [0.05, 0.1) is 0 Å². The third-order valence-corrected chi connectivity index (χ3v) is 5.32. The van der Waals surface area contributed by atoms with Gasteiger partial charge in [0, 0.05) is 27.4 Å². The van der Waals surface area contributed by atoms with E-state index in [1.54, 1.807) is 21.3 Å². The molecule has 0 unspecified atom stereocenters. The Balaban J connectivity index is 0.000000158. The van der Waals surface area contributed by atoms with Crippen LogP contribution in [-0.2, 0) is 13.3 Å². The highest BCUT2D eigenvalue weighted by molar-refractivity contribution is 6.60. The Labute approximate surface area is 92.3 Å². The second-order valence-corrected chi connectivity index (χ2v) is 6.52. The Hall–Kier alpha value is -0.683. The minimum atomic E-state index is -2.19. The molecule has 0 fully saturated rings. The summed E-state index contributed by atoms with van der Waals surface area (Å²) in [6.07, 6.45) is 0. The van der Waals surface area contributed by atoms with Crippen LogP contribution in [0.15, 0.2) is 24.3 Å². The van der Waals surface area contributed by atoms with E-state index in [2.05, 4.69) is 24.3 Å². The first-order chi connectivity index (χ1) is 7.21. The third kappa shape index (κ3) is 2.66. The van der Waals surface area contributed by atoms with Crippen molar-refractivity contribution in [3.63, 3.8) is 0 Å². The molecule has 0 aromatic carbocycles. The summed E-state index contributed by atoms with van der Waals surface area (Å²) in [5, 5.41) is 0. The molecule has 2 aliphatic rings. The second kappa shape index (κ2) is 5.41. The summed E-state index contributed by atoms with van der Waals surface area (Å²) in [5.41, 5.74) is 2.85. The topological polar surface area (TPSA) is 27.7 Å². The lowest BCUT2D eigenvalue weighted by Crippen LogP contribution is -2.41. The van der Waals surface area contributed by atoms with E-state index in [-0.39, 0.29) is 0 Å². The maximum absolute atomic E-state index is 5.08. The zero-order valence-corrected chi connectivity index (χ0v) is 10.7. The maximum Gasteiger partial charge on any atom is 0.499 e.